The SMILES string of the molecule is CCCN(C(=O)c1c(N)c(C)nn1CC)C(C)C. The Morgan fingerprint density at radius 2 is 2.06 bits per heavy atom. The molecule has 0 atom stereocenters. The van der Waals surface area contributed by atoms with Gasteiger partial charge in [-0.05, 0) is 34.1 Å². The Hall–Kier alpha value is -1.52. The monoisotopic (exact) mass is 252 g/mol. The van der Waals surface area contributed by atoms with Gasteiger partial charge in [-0.2, -0.15) is 5.10 Å². The van der Waals surface area contributed by atoms with E-state index in [1.807, 2.05) is 32.6 Å². The van der Waals surface area contributed by atoms with Crippen molar-refractivity contribution in [1.29, 1.82) is 0 Å². The number of nitrogens with two attached hydrogens (primary N) is 1. The van der Waals surface area contributed by atoms with Gasteiger partial charge in [0.05, 0.1) is 11.4 Å². The van der Waals surface area contributed by atoms with Gasteiger partial charge in [-0.15, -0.1) is 0 Å². The molecule has 0 unspecified atom stereocenters. The minimum absolute atomic E-state index is 0.0215. The molecule has 0 radical (unpaired) electrons. The molecule has 18 heavy (non-hydrogen) atoms. The number of nitrogen functional groups attached to an aromatic ring is 1. The largest absolute Gasteiger partial charge is 0.395 e. The highest BCUT2D eigenvalue weighted by molar-refractivity contribution is 5.98. The third-order valence-corrected chi connectivity index (χ3v) is 3.02. The zero-order valence-electron chi connectivity index (χ0n) is 12.0. The fraction of sp³-hybridized carbons (Fsp3) is 0.692. The summed E-state index contributed by atoms with van der Waals surface area (Å²) >= 11 is 0. The number of aryl methyl sites for hydroxylation is 2. The van der Waals surface area contributed by atoms with Crippen LogP contribution in [0.5, 0.6) is 0 Å². The molecule has 0 bridgehead atoms. The normalized spacial score (nSPS) is 11.0. The van der Waals surface area contributed by atoms with Crippen molar-refractivity contribution in [1.82, 2.24) is 14.7 Å². The van der Waals surface area contributed by atoms with E-state index in [0.29, 0.717) is 17.9 Å². The molecule has 5 nitrogen and oxygen atoms in total. The van der Waals surface area contributed by atoms with E-state index in [1.165, 1.54) is 0 Å². The molecule has 1 aromatic heterocycles. The molecule has 0 aromatic carbocycles. The van der Waals surface area contributed by atoms with Gasteiger partial charge >= 0.3 is 0 Å². The van der Waals surface area contributed by atoms with Crippen LogP contribution < -0.4 is 5.73 Å². The van der Waals surface area contributed by atoms with Crippen LogP contribution in [0.25, 0.3) is 0 Å². The number of aromatic nitrogens is 2. The smallest absolute Gasteiger partial charge is 0.274 e. The summed E-state index contributed by atoms with van der Waals surface area (Å²) < 4.78 is 1.69. The molecule has 0 aliphatic rings. The van der Waals surface area contributed by atoms with Gasteiger partial charge in [0.15, 0.2) is 0 Å². The third kappa shape index (κ3) is 2.66. The van der Waals surface area contributed by atoms with Crippen LogP contribution in [0.1, 0.15) is 50.3 Å². The summed E-state index contributed by atoms with van der Waals surface area (Å²) in [5.74, 6) is -0.0215. The number of rotatable bonds is 5. The zero-order valence-corrected chi connectivity index (χ0v) is 12.0. The molecule has 1 rings (SSSR count). The minimum atomic E-state index is -0.0215. The second kappa shape index (κ2) is 5.89. The van der Waals surface area contributed by atoms with Crippen molar-refractivity contribution in [3.05, 3.63) is 11.4 Å². The van der Waals surface area contributed by atoms with E-state index in [2.05, 4.69) is 12.0 Å². The van der Waals surface area contributed by atoms with E-state index in [4.69, 9.17) is 5.73 Å². The standard InChI is InChI=1S/C13H24N4O/c1-6-8-16(9(3)4)13(18)12-11(14)10(5)15-17(12)7-2/h9H,6-8,14H2,1-5H3. The lowest BCUT2D eigenvalue weighted by atomic mass is 10.2. The predicted molar refractivity (Wildman–Crippen MR) is 73.5 cm³/mol. The molecule has 0 fully saturated rings. The highest BCUT2D eigenvalue weighted by atomic mass is 16.2. The Morgan fingerprint density at radius 3 is 2.50 bits per heavy atom. The van der Waals surface area contributed by atoms with E-state index in [-0.39, 0.29) is 11.9 Å². The van der Waals surface area contributed by atoms with Gasteiger partial charge in [0.1, 0.15) is 5.69 Å². The average Bonchev–Trinajstić information content (AvgIpc) is 2.61. The van der Waals surface area contributed by atoms with Crippen molar-refractivity contribution >= 4 is 11.6 Å². The molecule has 1 amide bonds. The number of carbonyl (C=O) groups excluding carboxylic acids is 1. The van der Waals surface area contributed by atoms with Gasteiger partial charge in [-0.3, -0.25) is 9.48 Å². The van der Waals surface area contributed by atoms with Crippen molar-refractivity contribution < 1.29 is 4.79 Å². The number of carbonyl (C=O) groups is 1. The first-order chi connectivity index (χ1) is 8.43. The maximum atomic E-state index is 12.6. The summed E-state index contributed by atoms with van der Waals surface area (Å²) in [6.07, 6.45) is 0.934. The summed E-state index contributed by atoms with van der Waals surface area (Å²) in [6.45, 7) is 11.3. The first-order valence-corrected chi connectivity index (χ1v) is 6.57. The van der Waals surface area contributed by atoms with Crippen LogP contribution in [0.3, 0.4) is 0 Å². The fourth-order valence-corrected chi connectivity index (χ4v) is 2.02. The molecular weight excluding hydrogens is 228 g/mol. The summed E-state index contributed by atoms with van der Waals surface area (Å²) in [6, 6.07) is 0.164. The highest BCUT2D eigenvalue weighted by Gasteiger charge is 2.25. The van der Waals surface area contributed by atoms with Gasteiger partial charge in [-0.1, -0.05) is 6.92 Å². The van der Waals surface area contributed by atoms with Crippen molar-refractivity contribution in [3.63, 3.8) is 0 Å². The molecule has 0 saturated heterocycles. The predicted octanol–water partition coefficient (Wildman–Crippen LogP) is 2.05. The van der Waals surface area contributed by atoms with Crippen molar-refractivity contribution in [3.8, 4) is 0 Å². The van der Waals surface area contributed by atoms with Gasteiger partial charge < -0.3 is 10.6 Å². The van der Waals surface area contributed by atoms with E-state index in [9.17, 15) is 4.79 Å². The Balaban J connectivity index is 3.15. The van der Waals surface area contributed by atoms with Crippen LogP contribution in [0.4, 0.5) is 5.69 Å². The third-order valence-electron chi connectivity index (χ3n) is 3.02. The summed E-state index contributed by atoms with van der Waals surface area (Å²) in [5, 5.41) is 4.30. The second-order valence-corrected chi connectivity index (χ2v) is 4.76. The van der Waals surface area contributed by atoms with Crippen molar-refractivity contribution in [2.24, 2.45) is 0 Å². The first-order valence-electron chi connectivity index (χ1n) is 6.57. The lowest BCUT2D eigenvalue weighted by molar-refractivity contribution is 0.0694. The second-order valence-electron chi connectivity index (χ2n) is 4.76. The molecule has 0 saturated carbocycles. The van der Waals surface area contributed by atoms with Crippen LogP contribution >= 0.6 is 0 Å². The van der Waals surface area contributed by atoms with Gasteiger partial charge in [0, 0.05) is 19.1 Å². The minimum Gasteiger partial charge on any atom is -0.395 e. The van der Waals surface area contributed by atoms with Crippen LogP contribution in [0.2, 0.25) is 0 Å². The van der Waals surface area contributed by atoms with Crippen molar-refractivity contribution in [2.45, 2.75) is 53.6 Å². The molecular formula is C13H24N4O. The average molecular weight is 252 g/mol. The first kappa shape index (κ1) is 14.5. The lowest BCUT2D eigenvalue weighted by Crippen LogP contribution is -2.39. The van der Waals surface area contributed by atoms with E-state index >= 15 is 0 Å². The zero-order chi connectivity index (χ0) is 13.9. The molecule has 1 aromatic rings. The summed E-state index contributed by atoms with van der Waals surface area (Å²) in [4.78, 5) is 14.4. The van der Waals surface area contributed by atoms with Gasteiger partial charge in [0.2, 0.25) is 0 Å². The number of hydrogen-bond acceptors (Lipinski definition) is 3. The number of nitrogens with zero attached hydrogens (tertiary/aromatic N) is 3. The molecule has 5 heteroatoms. The number of anilines is 1. The topological polar surface area (TPSA) is 64.2 Å². The van der Waals surface area contributed by atoms with Crippen molar-refractivity contribution in [2.75, 3.05) is 12.3 Å². The maximum absolute atomic E-state index is 12.6. The maximum Gasteiger partial charge on any atom is 0.274 e. The van der Waals surface area contributed by atoms with E-state index < -0.39 is 0 Å². The van der Waals surface area contributed by atoms with Crippen LogP contribution in [0.15, 0.2) is 0 Å². The molecule has 0 aliphatic heterocycles. The molecule has 102 valence electrons. The summed E-state index contributed by atoms with van der Waals surface area (Å²) in [7, 11) is 0. The number of amides is 1. The van der Waals surface area contributed by atoms with Gasteiger partial charge in [-0.25, -0.2) is 0 Å². The van der Waals surface area contributed by atoms with Crippen LogP contribution in [-0.4, -0.2) is 33.2 Å². The Morgan fingerprint density at radius 1 is 1.44 bits per heavy atom. The Bertz CT molecular complexity index is 423. The number of hydrogen-bond donors (Lipinski definition) is 1. The van der Waals surface area contributed by atoms with E-state index in [1.54, 1.807) is 4.68 Å². The van der Waals surface area contributed by atoms with Gasteiger partial charge in [0.25, 0.3) is 5.91 Å². The summed E-state index contributed by atoms with van der Waals surface area (Å²) in [5.41, 5.74) is 7.73. The van der Waals surface area contributed by atoms with Crippen LogP contribution in [0, 0.1) is 6.92 Å². The van der Waals surface area contributed by atoms with Crippen LogP contribution in [-0.2, 0) is 6.54 Å². The highest BCUT2D eigenvalue weighted by Crippen LogP contribution is 2.19. The molecule has 1 heterocycles. The fourth-order valence-electron chi connectivity index (χ4n) is 2.02. The Labute approximate surface area is 109 Å². The molecule has 0 spiro atoms. The van der Waals surface area contributed by atoms with E-state index in [0.717, 1.165) is 18.7 Å². The lowest BCUT2D eigenvalue weighted by Gasteiger charge is -2.26. The molecule has 0 aliphatic carbocycles. The quantitative estimate of drug-likeness (QED) is 0.872. The Kier molecular flexibility index (Phi) is 4.76. The molecule has 2 N–H and O–H groups in total.